The molecule has 1 aliphatic rings. The Labute approximate surface area is 142 Å². The van der Waals surface area contributed by atoms with Gasteiger partial charge in [-0.05, 0) is 39.7 Å². The number of amides is 2. The Kier molecular flexibility index (Phi) is 5.88. The first-order valence-electron chi connectivity index (χ1n) is 8.27. The van der Waals surface area contributed by atoms with Crippen LogP contribution in [-0.4, -0.2) is 59.8 Å². The van der Waals surface area contributed by atoms with Gasteiger partial charge in [0.05, 0.1) is 18.2 Å². The van der Waals surface area contributed by atoms with Gasteiger partial charge in [-0.25, -0.2) is 4.79 Å². The summed E-state index contributed by atoms with van der Waals surface area (Å²) in [6, 6.07) is 0. The molecule has 1 saturated heterocycles. The number of H-pyrrole nitrogens is 1. The maximum Gasteiger partial charge on any atom is 0.410 e. The van der Waals surface area contributed by atoms with Crippen LogP contribution in [0.5, 0.6) is 0 Å². The van der Waals surface area contributed by atoms with Crippen molar-refractivity contribution in [3.63, 3.8) is 0 Å². The number of hydrogen-bond donors (Lipinski definition) is 2. The van der Waals surface area contributed by atoms with E-state index < -0.39 is 5.60 Å². The molecule has 0 aliphatic carbocycles. The summed E-state index contributed by atoms with van der Waals surface area (Å²) in [6.45, 7) is 9.31. The second-order valence-corrected chi connectivity index (χ2v) is 7.03. The molecule has 1 aliphatic heterocycles. The molecule has 2 N–H and O–H groups in total. The molecule has 0 radical (unpaired) electrons. The number of rotatable bonds is 3. The van der Waals surface area contributed by atoms with Gasteiger partial charge in [-0.3, -0.25) is 4.79 Å². The van der Waals surface area contributed by atoms with Gasteiger partial charge in [-0.1, -0.05) is 0 Å². The van der Waals surface area contributed by atoms with E-state index >= 15 is 0 Å². The van der Waals surface area contributed by atoms with Crippen LogP contribution in [0.25, 0.3) is 0 Å². The number of ether oxygens (including phenoxy) is 2. The molecule has 24 heavy (non-hydrogen) atoms. The van der Waals surface area contributed by atoms with Crippen molar-refractivity contribution in [1.82, 2.24) is 15.2 Å². The minimum absolute atomic E-state index is 0.148. The summed E-state index contributed by atoms with van der Waals surface area (Å²) in [5, 5.41) is 2.87. The van der Waals surface area contributed by atoms with Gasteiger partial charge in [-0.2, -0.15) is 0 Å². The van der Waals surface area contributed by atoms with Crippen LogP contribution in [0, 0.1) is 6.92 Å². The molecule has 1 fully saturated rings. The third-order valence-corrected chi connectivity index (χ3v) is 3.69. The summed E-state index contributed by atoms with van der Waals surface area (Å²) in [4.78, 5) is 29.0. The maximum absolute atomic E-state index is 12.2. The third kappa shape index (κ3) is 5.26. The predicted octanol–water partition coefficient (Wildman–Crippen LogP) is 2.08. The number of aryl methyl sites for hydroxylation is 1. The monoisotopic (exact) mass is 337 g/mol. The van der Waals surface area contributed by atoms with E-state index in [9.17, 15) is 9.59 Å². The van der Waals surface area contributed by atoms with Gasteiger partial charge >= 0.3 is 6.09 Å². The fourth-order valence-corrected chi connectivity index (χ4v) is 2.50. The zero-order valence-electron chi connectivity index (χ0n) is 14.8. The Hall–Kier alpha value is -2.02. The molecule has 2 rings (SSSR count). The van der Waals surface area contributed by atoms with Crippen LogP contribution in [0.3, 0.4) is 0 Å². The Morgan fingerprint density at radius 3 is 2.79 bits per heavy atom. The van der Waals surface area contributed by atoms with Gasteiger partial charge in [-0.15, -0.1) is 0 Å². The van der Waals surface area contributed by atoms with E-state index in [2.05, 4.69) is 10.3 Å². The molecule has 1 atom stereocenters. The first-order chi connectivity index (χ1) is 11.3. The second kappa shape index (κ2) is 7.70. The van der Waals surface area contributed by atoms with E-state index in [1.807, 2.05) is 27.7 Å². The first kappa shape index (κ1) is 18.3. The molecule has 7 nitrogen and oxygen atoms in total. The molecule has 2 amide bonds. The molecule has 0 aromatic carbocycles. The number of aromatic amines is 1. The number of nitrogens with zero attached hydrogens (tertiary/aromatic N) is 1. The third-order valence-electron chi connectivity index (χ3n) is 3.69. The molecule has 0 spiro atoms. The van der Waals surface area contributed by atoms with Gasteiger partial charge in [0.25, 0.3) is 5.91 Å². The van der Waals surface area contributed by atoms with Crippen LogP contribution in [0.15, 0.2) is 12.4 Å². The highest BCUT2D eigenvalue weighted by Crippen LogP contribution is 2.13. The smallest absolute Gasteiger partial charge is 0.410 e. The second-order valence-electron chi connectivity index (χ2n) is 7.03. The van der Waals surface area contributed by atoms with Crippen molar-refractivity contribution < 1.29 is 19.1 Å². The quantitative estimate of drug-likeness (QED) is 0.884. The van der Waals surface area contributed by atoms with Crippen molar-refractivity contribution in [2.45, 2.75) is 45.8 Å². The minimum atomic E-state index is -0.528. The molecule has 2 heterocycles. The molecular weight excluding hydrogens is 310 g/mol. The lowest BCUT2D eigenvalue weighted by Crippen LogP contribution is -2.44. The zero-order valence-corrected chi connectivity index (χ0v) is 14.8. The average molecular weight is 337 g/mol. The van der Waals surface area contributed by atoms with Gasteiger partial charge in [0.1, 0.15) is 5.60 Å². The van der Waals surface area contributed by atoms with Crippen LogP contribution >= 0.6 is 0 Å². The molecular formula is C17H27N3O4. The number of nitrogens with one attached hydrogen (secondary N) is 2. The van der Waals surface area contributed by atoms with Gasteiger partial charge in [0, 0.05) is 32.1 Å². The molecule has 1 aromatic rings. The van der Waals surface area contributed by atoms with Crippen LogP contribution in [0.4, 0.5) is 4.79 Å². The standard InChI is InChI=1S/C17H27N3O4/c1-12-8-18-10-14(12)15(21)19-9-13-11-20(6-5-7-23-13)16(22)24-17(2,3)4/h8,10,13,18H,5-7,9,11H2,1-4H3,(H,19,21)/t13-/m0/s1. The zero-order chi connectivity index (χ0) is 17.7. The van der Waals surface area contributed by atoms with E-state index in [0.717, 1.165) is 12.0 Å². The topological polar surface area (TPSA) is 83.7 Å². The minimum Gasteiger partial charge on any atom is -0.444 e. The lowest BCUT2D eigenvalue weighted by atomic mass is 10.2. The van der Waals surface area contributed by atoms with Crippen molar-refractivity contribution in [1.29, 1.82) is 0 Å². The van der Waals surface area contributed by atoms with E-state index in [4.69, 9.17) is 9.47 Å². The summed E-state index contributed by atoms with van der Waals surface area (Å²) >= 11 is 0. The lowest BCUT2D eigenvalue weighted by Gasteiger charge is -2.28. The van der Waals surface area contributed by atoms with Crippen molar-refractivity contribution in [2.75, 3.05) is 26.2 Å². The van der Waals surface area contributed by atoms with Gasteiger partial charge in [0.2, 0.25) is 0 Å². The predicted molar refractivity (Wildman–Crippen MR) is 90.0 cm³/mol. The number of aromatic nitrogens is 1. The van der Waals surface area contributed by atoms with Gasteiger partial charge < -0.3 is 24.7 Å². The Bertz CT molecular complexity index is 577. The molecule has 0 saturated carbocycles. The summed E-state index contributed by atoms with van der Waals surface area (Å²) in [7, 11) is 0. The van der Waals surface area contributed by atoms with Crippen molar-refractivity contribution >= 4 is 12.0 Å². The van der Waals surface area contributed by atoms with Gasteiger partial charge in [0.15, 0.2) is 0 Å². The molecule has 0 unspecified atom stereocenters. The van der Waals surface area contributed by atoms with Crippen molar-refractivity contribution in [3.8, 4) is 0 Å². The summed E-state index contributed by atoms with van der Waals surface area (Å²) in [6.07, 6.45) is 3.61. The molecule has 7 heteroatoms. The highest BCUT2D eigenvalue weighted by molar-refractivity contribution is 5.95. The van der Waals surface area contributed by atoms with Crippen LogP contribution in [0.2, 0.25) is 0 Å². The normalized spacial score (nSPS) is 18.8. The Morgan fingerprint density at radius 1 is 1.42 bits per heavy atom. The van der Waals surface area contributed by atoms with E-state index in [-0.39, 0.29) is 18.1 Å². The fraction of sp³-hybridized carbons (Fsp3) is 0.647. The largest absolute Gasteiger partial charge is 0.444 e. The van der Waals surface area contributed by atoms with E-state index in [0.29, 0.717) is 31.8 Å². The van der Waals surface area contributed by atoms with E-state index in [1.54, 1.807) is 17.3 Å². The first-order valence-corrected chi connectivity index (χ1v) is 8.27. The number of carbonyl (C=O) groups is 2. The summed E-state index contributed by atoms with van der Waals surface area (Å²) in [5.74, 6) is -0.148. The van der Waals surface area contributed by atoms with Crippen molar-refractivity contribution in [3.05, 3.63) is 23.5 Å². The van der Waals surface area contributed by atoms with E-state index in [1.165, 1.54) is 0 Å². The highest BCUT2D eigenvalue weighted by atomic mass is 16.6. The van der Waals surface area contributed by atoms with Crippen molar-refractivity contribution in [2.24, 2.45) is 0 Å². The fourth-order valence-electron chi connectivity index (χ4n) is 2.50. The summed E-state index contributed by atoms with van der Waals surface area (Å²) < 4.78 is 11.2. The average Bonchev–Trinajstić information content (AvgIpc) is 2.77. The lowest BCUT2D eigenvalue weighted by molar-refractivity contribution is 0.0147. The Balaban J connectivity index is 1.89. The molecule has 0 bridgehead atoms. The Morgan fingerprint density at radius 2 is 2.17 bits per heavy atom. The van der Waals surface area contributed by atoms with Crippen LogP contribution in [0.1, 0.15) is 43.1 Å². The molecule has 134 valence electrons. The van der Waals surface area contributed by atoms with Crippen LogP contribution in [-0.2, 0) is 9.47 Å². The highest BCUT2D eigenvalue weighted by Gasteiger charge is 2.27. The molecule has 1 aromatic heterocycles. The SMILES string of the molecule is Cc1c[nH]cc1C(=O)NC[C@H]1CN(C(=O)OC(C)(C)C)CCCO1. The summed E-state index contributed by atoms with van der Waals surface area (Å²) in [5.41, 5.74) is 0.983. The number of carbonyl (C=O) groups excluding carboxylic acids is 2. The maximum atomic E-state index is 12.2. The number of hydrogen-bond acceptors (Lipinski definition) is 4. The van der Waals surface area contributed by atoms with Crippen LogP contribution < -0.4 is 5.32 Å².